The van der Waals surface area contributed by atoms with E-state index in [0.29, 0.717) is 27.7 Å². The molecular formula is C29H27F3N4O2. The van der Waals surface area contributed by atoms with E-state index >= 15 is 0 Å². The van der Waals surface area contributed by atoms with Gasteiger partial charge in [-0.3, -0.25) is 19.7 Å². The van der Waals surface area contributed by atoms with Gasteiger partial charge in [-0.25, -0.2) is 0 Å². The molecule has 0 unspecified atom stereocenters. The number of aromatic nitrogens is 1. The molecule has 1 fully saturated rings. The van der Waals surface area contributed by atoms with Gasteiger partial charge < -0.3 is 10.4 Å². The van der Waals surface area contributed by atoms with Crippen molar-refractivity contribution in [3.63, 3.8) is 0 Å². The van der Waals surface area contributed by atoms with E-state index in [0.717, 1.165) is 31.8 Å². The Morgan fingerprint density at radius 2 is 1.68 bits per heavy atom. The Kier molecular flexibility index (Phi) is 7.20. The summed E-state index contributed by atoms with van der Waals surface area (Å²) >= 11 is 0. The van der Waals surface area contributed by atoms with Crippen LogP contribution in [0.3, 0.4) is 0 Å². The molecule has 0 amide bonds. The van der Waals surface area contributed by atoms with Gasteiger partial charge in [0.2, 0.25) is 5.88 Å². The van der Waals surface area contributed by atoms with Crippen molar-refractivity contribution in [2.24, 2.45) is 4.99 Å². The number of aromatic hydroxyl groups is 1. The van der Waals surface area contributed by atoms with Crippen molar-refractivity contribution in [2.45, 2.75) is 32.0 Å². The lowest BCUT2D eigenvalue weighted by molar-refractivity contribution is -0.137. The van der Waals surface area contributed by atoms with Crippen LogP contribution in [0.15, 0.2) is 76.5 Å². The number of alkyl halides is 3. The Morgan fingerprint density at radius 1 is 0.947 bits per heavy atom. The quantitative estimate of drug-likeness (QED) is 0.246. The summed E-state index contributed by atoms with van der Waals surface area (Å²) in [4.78, 5) is 21.8. The van der Waals surface area contributed by atoms with Gasteiger partial charge in [0.1, 0.15) is 0 Å². The number of likely N-dealkylation sites (tertiary alicyclic amines) is 1. The number of fused-ring (bicyclic) bond motifs is 1. The normalized spacial score (nSPS) is 14.8. The summed E-state index contributed by atoms with van der Waals surface area (Å²) < 4.78 is 39.3. The van der Waals surface area contributed by atoms with E-state index in [1.807, 2.05) is 24.3 Å². The highest BCUT2D eigenvalue weighted by molar-refractivity contribution is 6.03. The van der Waals surface area contributed by atoms with E-state index in [1.54, 1.807) is 18.2 Å². The number of nitrogens with one attached hydrogen (secondary N) is 2. The number of piperidine rings is 1. The molecule has 4 aromatic rings. The Hall–Kier alpha value is -4.11. The fourth-order valence-corrected chi connectivity index (χ4v) is 4.69. The number of anilines is 2. The standard InChI is InChI=1S/C29H27F3N4O2/c30-29(31,32)20-5-4-6-22(15-20)34-23-11-12-24-25(16-23)26(28(38)35-27(24)37)17-33-21-9-7-19(8-10-21)18-36-13-2-1-3-14-36/h4-12,15-17,34H,1-3,13-14,18H2,(H2,35,37,38). The second kappa shape index (κ2) is 10.7. The van der Waals surface area contributed by atoms with Gasteiger partial charge in [0.05, 0.1) is 16.8 Å². The number of hydrogen-bond donors (Lipinski definition) is 3. The predicted octanol–water partition coefficient (Wildman–Crippen LogP) is 6.73. The van der Waals surface area contributed by atoms with Gasteiger partial charge in [-0.15, -0.1) is 0 Å². The van der Waals surface area contributed by atoms with E-state index < -0.39 is 17.3 Å². The predicted molar refractivity (Wildman–Crippen MR) is 144 cm³/mol. The van der Waals surface area contributed by atoms with Crippen molar-refractivity contribution in [3.8, 4) is 5.88 Å². The van der Waals surface area contributed by atoms with E-state index in [-0.39, 0.29) is 11.6 Å². The molecule has 3 N–H and O–H groups in total. The highest BCUT2D eigenvalue weighted by atomic mass is 19.4. The van der Waals surface area contributed by atoms with Gasteiger partial charge in [-0.1, -0.05) is 24.6 Å². The van der Waals surface area contributed by atoms with E-state index in [9.17, 15) is 23.1 Å². The van der Waals surface area contributed by atoms with Crippen LogP contribution >= 0.6 is 0 Å². The summed E-state index contributed by atoms with van der Waals surface area (Å²) in [6.07, 6.45) is 0.766. The number of hydrogen-bond acceptors (Lipinski definition) is 5. The monoisotopic (exact) mass is 520 g/mol. The molecule has 38 heavy (non-hydrogen) atoms. The summed E-state index contributed by atoms with van der Waals surface area (Å²) in [5, 5.41) is 14.2. The molecule has 2 heterocycles. The highest BCUT2D eigenvalue weighted by Crippen LogP contribution is 2.32. The maximum absolute atomic E-state index is 13.1. The van der Waals surface area contributed by atoms with Crippen molar-refractivity contribution in [2.75, 3.05) is 18.4 Å². The summed E-state index contributed by atoms with van der Waals surface area (Å²) in [7, 11) is 0. The van der Waals surface area contributed by atoms with Crippen LogP contribution in [0.25, 0.3) is 10.8 Å². The van der Waals surface area contributed by atoms with Crippen molar-refractivity contribution < 1.29 is 18.3 Å². The summed E-state index contributed by atoms with van der Waals surface area (Å²) in [5.74, 6) is -0.343. The first-order chi connectivity index (χ1) is 18.3. The van der Waals surface area contributed by atoms with Gasteiger partial charge in [-0.05, 0) is 80.0 Å². The number of aromatic amines is 1. The van der Waals surface area contributed by atoms with Gasteiger partial charge in [-0.2, -0.15) is 13.2 Å². The topological polar surface area (TPSA) is 80.7 Å². The third-order valence-electron chi connectivity index (χ3n) is 6.65. The second-order valence-corrected chi connectivity index (χ2v) is 9.44. The fourth-order valence-electron chi connectivity index (χ4n) is 4.69. The molecule has 196 valence electrons. The summed E-state index contributed by atoms with van der Waals surface area (Å²) in [6, 6.07) is 17.5. The SMILES string of the molecule is O=c1[nH]c(O)c(C=Nc2ccc(CN3CCCCC3)cc2)c2cc(Nc3cccc(C(F)(F)F)c3)ccc12. The zero-order valence-electron chi connectivity index (χ0n) is 20.6. The molecule has 3 aromatic carbocycles. The molecule has 9 heteroatoms. The van der Waals surface area contributed by atoms with Crippen molar-refractivity contribution in [1.29, 1.82) is 0 Å². The van der Waals surface area contributed by atoms with Crippen LogP contribution < -0.4 is 10.9 Å². The van der Waals surface area contributed by atoms with Gasteiger partial charge in [0.25, 0.3) is 5.56 Å². The maximum atomic E-state index is 13.1. The Labute approximate surface area is 217 Å². The maximum Gasteiger partial charge on any atom is 0.416 e. The molecule has 6 nitrogen and oxygen atoms in total. The molecular weight excluding hydrogens is 493 g/mol. The molecule has 0 spiro atoms. The van der Waals surface area contributed by atoms with Crippen LogP contribution in [-0.4, -0.2) is 34.3 Å². The van der Waals surface area contributed by atoms with Crippen LogP contribution in [0.2, 0.25) is 0 Å². The summed E-state index contributed by atoms with van der Waals surface area (Å²) in [5.41, 5.74) is 1.63. The molecule has 0 radical (unpaired) electrons. The molecule has 1 aliphatic rings. The van der Waals surface area contributed by atoms with Crippen LogP contribution in [0.5, 0.6) is 5.88 Å². The molecule has 0 saturated carbocycles. The molecule has 1 aliphatic heterocycles. The first-order valence-electron chi connectivity index (χ1n) is 12.4. The molecule has 5 rings (SSSR count). The van der Waals surface area contributed by atoms with Crippen molar-refractivity contribution >= 4 is 34.0 Å². The number of H-pyrrole nitrogens is 1. The Balaban J connectivity index is 1.41. The number of nitrogens with zero attached hydrogens (tertiary/aromatic N) is 2. The Morgan fingerprint density at radius 3 is 2.42 bits per heavy atom. The van der Waals surface area contributed by atoms with E-state index in [4.69, 9.17) is 0 Å². The zero-order chi connectivity index (χ0) is 26.7. The molecule has 0 atom stereocenters. The van der Waals surface area contributed by atoms with Crippen molar-refractivity contribution in [3.05, 3.63) is 93.8 Å². The lowest BCUT2D eigenvalue weighted by Crippen LogP contribution is -2.28. The van der Waals surface area contributed by atoms with Crippen LogP contribution in [0.1, 0.15) is 36.0 Å². The Bertz CT molecular complexity index is 1520. The van der Waals surface area contributed by atoms with E-state index in [1.165, 1.54) is 43.2 Å². The first-order valence-corrected chi connectivity index (χ1v) is 12.4. The van der Waals surface area contributed by atoms with Crippen molar-refractivity contribution in [1.82, 2.24) is 9.88 Å². The van der Waals surface area contributed by atoms with Crippen LogP contribution in [0.4, 0.5) is 30.2 Å². The highest BCUT2D eigenvalue weighted by Gasteiger charge is 2.30. The average molecular weight is 521 g/mol. The fraction of sp³-hybridized carbons (Fsp3) is 0.241. The molecule has 1 saturated heterocycles. The first kappa shape index (κ1) is 25.5. The van der Waals surface area contributed by atoms with Crippen LogP contribution in [0, 0.1) is 0 Å². The lowest BCUT2D eigenvalue weighted by Gasteiger charge is -2.26. The molecule has 0 bridgehead atoms. The molecule has 0 aliphatic carbocycles. The minimum atomic E-state index is -4.46. The third-order valence-corrected chi connectivity index (χ3v) is 6.65. The second-order valence-electron chi connectivity index (χ2n) is 9.44. The number of aliphatic imine (C=N–C) groups is 1. The minimum absolute atomic E-state index is 0.244. The number of benzene rings is 3. The van der Waals surface area contributed by atoms with E-state index in [2.05, 4.69) is 20.2 Å². The van der Waals surface area contributed by atoms with Gasteiger partial charge >= 0.3 is 6.18 Å². The zero-order valence-corrected chi connectivity index (χ0v) is 20.6. The number of pyridine rings is 1. The van der Waals surface area contributed by atoms with Gasteiger partial charge in [0, 0.05) is 34.9 Å². The smallest absolute Gasteiger partial charge is 0.416 e. The third kappa shape index (κ3) is 5.89. The average Bonchev–Trinajstić information content (AvgIpc) is 2.90. The minimum Gasteiger partial charge on any atom is -0.494 e. The summed E-state index contributed by atoms with van der Waals surface area (Å²) in [6.45, 7) is 3.13. The molecule has 1 aromatic heterocycles. The van der Waals surface area contributed by atoms with Crippen LogP contribution in [-0.2, 0) is 12.7 Å². The largest absolute Gasteiger partial charge is 0.494 e. The number of halogens is 3. The number of rotatable bonds is 6. The lowest BCUT2D eigenvalue weighted by atomic mass is 10.1. The van der Waals surface area contributed by atoms with Gasteiger partial charge in [0.15, 0.2) is 0 Å².